The summed E-state index contributed by atoms with van der Waals surface area (Å²) in [7, 11) is 0. The van der Waals surface area contributed by atoms with Crippen LogP contribution in [0.3, 0.4) is 0 Å². The Bertz CT molecular complexity index is 902. The van der Waals surface area contributed by atoms with Crippen molar-refractivity contribution < 1.29 is 26.3 Å². The number of hydrogen-bond acceptors (Lipinski definition) is 0. The second-order valence-corrected chi connectivity index (χ2v) is 7.02. The van der Waals surface area contributed by atoms with Gasteiger partial charge in [0.2, 0.25) is 0 Å². The van der Waals surface area contributed by atoms with E-state index in [9.17, 15) is 26.3 Å². The van der Waals surface area contributed by atoms with Crippen LogP contribution >= 0.6 is 0 Å². The van der Waals surface area contributed by atoms with Gasteiger partial charge in [-0.3, -0.25) is 0 Å². The van der Waals surface area contributed by atoms with Crippen molar-refractivity contribution in [3.05, 3.63) is 106 Å². The molecule has 3 aromatic carbocycles. The van der Waals surface area contributed by atoms with Crippen molar-refractivity contribution in [1.29, 1.82) is 0 Å². The zero-order chi connectivity index (χ0) is 21.4. The minimum atomic E-state index is -4.93. The molecule has 3 aromatic rings. The van der Waals surface area contributed by atoms with Crippen LogP contribution in [0.5, 0.6) is 0 Å². The van der Waals surface area contributed by atoms with Crippen molar-refractivity contribution in [1.82, 2.24) is 0 Å². The van der Waals surface area contributed by atoms with E-state index >= 15 is 0 Å². The second-order valence-electron chi connectivity index (χ2n) is 7.02. The average molecular weight is 408 g/mol. The number of hydrogen-bond donors (Lipinski definition) is 0. The van der Waals surface area contributed by atoms with Crippen LogP contribution in [-0.2, 0) is 12.4 Å². The predicted octanol–water partition coefficient (Wildman–Crippen LogP) is 7.52. The molecule has 0 spiro atoms. The number of halogens is 6. The monoisotopic (exact) mass is 408 g/mol. The summed E-state index contributed by atoms with van der Waals surface area (Å²) in [6.45, 7) is 3.60. The fraction of sp³-hybridized carbons (Fsp3) is 0.217. The molecule has 0 saturated heterocycles. The van der Waals surface area contributed by atoms with Gasteiger partial charge in [-0.15, -0.1) is 0 Å². The van der Waals surface area contributed by atoms with Crippen LogP contribution in [-0.4, -0.2) is 0 Å². The quantitative estimate of drug-likeness (QED) is 0.311. The van der Waals surface area contributed by atoms with E-state index in [2.05, 4.69) is 0 Å². The molecule has 0 aliphatic carbocycles. The molecule has 0 N–H and O–H groups in total. The van der Waals surface area contributed by atoms with Crippen LogP contribution in [0.2, 0.25) is 0 Å². The van der Waals surface area contributed by atoms with Gasteiger partial charge >= 0.3 is 12.4 Å². The van der Waals surface area contributed by atoms with Crippen molar-refractivity contribution in [3.63, 3.8) is 0 Å². The maximum atomic E-state index is 13.8. The van der Waals surface area contributed by atoms with Crippen LogP contribution in [0.1, 0.15) is 44.9 Å². The molecule has 0 aliphatic rings. The molecule has 6 heteroatoms. The van der Waals surface area contributed by atoms with E-state index in [1.54, 1.807) is 62.4 Å². The maximum absolute atomic E-state index is 13.8. The van der Waals surface area contributed by atoms with E-state index in [1.165, 1.54) is 0 Å². The first-order valence-electron chi connectivity index (χ1n) is 8.89. The van der Waals surface area contributed by atoms with E-state index < -0.39 is 35.0 Å². The van der Waals surface area contributed by atoms with Gasteiger partial charge in [-0.05, 0) is 42.7 Å². The van der Waals surface area contributed by atoms with Crippen LogP contribution < -0.4 is 0 Å². The Labute approximate surface area is 164 Å². The standard InChI is InChI=1S/C23H18F6/c1-14-6-10-16(11-7-14)20(17-12-8-15(2)9-13-17)21-18(22(24,25)26)4-3-5-19(21)23(27,28)29/h3-13,20H,1-2H3. The smallest absolute Gasteiger partial charge is 0.166 e. The summed E-state index contributed by atoms with van der Waals surface area (Å²) in [5.74, 6) is -1.22. The molecule has 0 fully saturated rings. The second kappa shape index (κ2) is 7.58. The van der Waals surface area contributed by atoms with Gasteiger partial charge in [0.25, 0.3) is 0 Å². The first-order chi connectivity index (χ1) is 13.5. The zero-order valence-electron chi connectivity index (χ0n) is 15.7. The van der Waals surface area contributed by atoms with Gasteiger partial charge in [-0.1, -0.05) is 65.7 Å². The fourth-order valence-corrected chi connectivity index (χ4v) is 3.41. The van der Waals surface area contributed by atoms with E-state index in [1.807, 2.05) is 0 Å². The molecule has 0 saturated carbocycles. The third-order valence-corrected chi connectivity index (χ3v) is 4.83. The van der Waals surface area contributed by atoms with Gasteiger partial charge in [0, 0.05) is 5.92 Å². The Morgan fingerprint density at radius 1 is 0.552 bits per heavy atom. The van der Waals surface area contributed by atoms with Crippen LogP contribution in [0, 0.1) is 13.8 Å². The lowest BCUT2D eigenvalue weighted by Crippen LogP contribution is -2.20. The number of alkyl halides is 6. The Morgan fingerprint density at radius 3 is 1.21 bits per heavy atom. The summed E-state index contributed by atoms with van der Waals surface area (Å²) in [6.07, 6.45) is -9.85. The van der Waals surface area contributed by atoms with Crippen molar-refractivity contribution in [2.45, 2.75) is 32.1 Å². The number of benzene rings is 3. The molecule has 3 rings (SSSR count). The molecule has 0 heterocycles. The summed E-state index contributed by atoms with van der Waals surface area (Å²) < 4.78 is 82.6. The minimum absolute atomic E-state index is 0.363. The summed E-state index contributed by atoms with van der Waals surface area (Å²) in [6, 6.07) is 15.2. The van der Waals surface area contributed by atoms with Gasteiger partial charge in [0.15, 0.2) is 0 Å². The van der Waals surface area contributed by atoms with Crippen molar-refractivity contribution in [3.8, 4) is 0 Å². The predicted molar refractivity (Wildman–Crippen MR) is 99.7 cm³/mol. The van der Waals surface area contributed by atoms with Crippen molar-refractivity contribution in [2.75, 3.05) is 0 Å². The normalized spacial score (nSPS) is 12.4. The number of aryl methyl sites for hydroxylation is 2. The van der Waals surface area contributed by atoms with Crippen LogP contribution in [0.4, 0.5) is 26.3 Å². The largest absolute Gasteiger partial charge is 0.416 e. The summed E-state index contributed by atoms with van der Waals surface area (Å²) >= 11 is 0. The van der Waals surface area contributed by atoms with Gasteiger partial charge in [0.1, 0.15) is 0 Å². The van der Waals surface area contributed by atoms with E-state index in [0.29, 0.717) is 23.3 Å². The Morgan fingerprint density at radius 2 is 0.897 bits per heavy atom. The van der Waals surface area contributed by atoms with Crippen LogP contribution in [0.25, 0.3) is 0 Å². The third kappa shape index (κ3) is 4.47. The van der Waals surface area contributed by atoms with Crippen molar-refractivity contribution in [2.24, 2.45) is 0 Å². The average Bonchev–Trinajstić information content (AvgIpc) is 2.63. The SMILES string of the molecule is Cc1ccc(C(c2ccc(C)cc2)c2c(C(F)(F)F)cccc2C(F)(F)F)cc1. The first-order valence-corrected chi connectivity index (χ1v) is 8.89. The van der Waals surface area contributed by atoms with Gasteiger partial charge in [0.05, 0.1) is 11.1 Å². The molecule has 0 radical (unpaired) electrons. The lowest BCUT2D eigenvalue weighted by Gasteiger charge is -2.27. The summed E-state index contributed by atoms with van der Waals surface area (Å²) in [5, 5.41) is 0. The highest BCUT2D eigenvalue weighted by Gasteiger charge is 2.43. The molecule has 0 nitrogen and oxygen atoms in total. The number of rotatable bonds is 3. The van der Waals surface area contributed by atoms with Gasteiger partial charge < -0.3 is 0 Å². The molecular formula is C23H18F6. The highest BCUT2D eigenvalue weighted by Crippen LogP contribution is 2.46. The fourth-order valence-electron chi connectivity index (χ4n) is 3.41. The zero-order valence-corrected chi connectivity index (χ0v) is 15.7. The Hall–Kier alpha value is -2.76. The van der Waals surface area contributed by atoms with Crippen LogP contribution in [0.15, 0.2) is 66.7 Å². The first kappa shape index (κ1) is 21.0. The molecule has 0 aromatic heterocycles. The molecule has 0 amide bonds. The Kier molecular flexibility index (Phi) is 5.48. The van der Waals surface area contributed by atoms with Gasteiger partial charge in [-0.2, -0.15) is 26.3 Å². The molecule has 0 aliphatic heterocycles. The lowest BCUT2D eigenvalue weighted by atomic mass is 9.79. The van der Waals surface area contributed by atoms with Gasteiger partial charge in [-0.25, -0.2) is 0 Å². The highest BCUT2D eigenvalue weighted by atomic mass is 19.4. The highest BCUT2D eigenvalue weighted by molar-refractivity contribution is 5.52. The minimum Gasteiger partial charge on any atom is -0.166 e. The molecule has 152 valence electrons. The van der Waals surface area contributed by atoms with E-state index in [4.69, 9.17) is 0 Å². The lowest BCUT2D eigenvalue weighted by molar-refractivity contribution is -0.144. The molecular weight excluding hydrogens is 390 g/mol. The maximum Gasteiger partial charge on any atom is 0.416 e. The summed E-state index contributed by atoms with van der Waals surface area (Å²) in [5.41, 5.74) is -0.895. The third-order valence-electron chi connectivity index (χ3n) is 4.83. The molecule has 29 heavy (non-hydrogen) atoms. The molecule has 0 bridgehead atoms. The van der Waals surface area contributed by atoms with E-state index in [-0.39, 0.29) is 0 Å². The molecule has 0 unspecified atom stereocenters. The molecule has 0 atom stereocenters. The topological polar surface area (TPSA) is 0 Å². The van der Waals surface area contributed by atoms with E-state index in [0.717, 1.165) is 17.2 Å². The Balaban J connectivity index is 2.39. The van der Waals surface area contributed by atoms with Crippen molar-refractivity contribution >= 4 is 0 Å². The summed E-state index contributed by atoms with van der Waals surface area (Å²) in [4.78, 5) is 0.